The molecule has 0 aromatic rings. The molecule has 1 saturated carbocycles. The van der Waals surface area contributed by atoms with E-state index in [1.54, 1.807) is 11.8 Å². The van der Waals surface area contributed by atoms with Crippen LogP contribution in [0.1, 0.15) is 39.5 Å². The first kappa shape index (κ1) is 15.6. The third-order valence-corrected chi connectivity index (χ3v) is 4.40. The minimum absolute atomic E-state index is 0.0457. The van der Waals surface area contributed by atoms with Crippen molar-refractivity contribution in [2.45, 2.75) is 45.6 Å². The standard InChI is InChI=1S/C15H23N3O3/c1-3-21-14(20)18-6-4-12(5-7-18)17-13(19)15(10-16)8-11(2)9-15/h11-12H,3-9H2,1-2H3,(H,17,19). The summed E-state index contributed by atoms with van der Waals surface area (Å²) in [6, 6.07) is 2.23. The van der Waals surface area contributed by atoms with Gasteiger partial charge in [0.1, 0.15) is 5.41 Å². The normalized spacial score (nSPS) is 29.2. The molecule has 2 aliphatic rings. The molecule has 1 aliphatic heterocycles. The smallest absolute Gasteiger partial charge is 0.409 e. The average molecular weight is 293 g/mol. The molecule has 0 atom stereocenters. The van der Waals surface area contributed by atoms with E-state index in [0.29, 0.717) is 51.3 Å². The van der Waals surface area contributed by atoms with Crippen LogP contribution in [0.3, 0.4) is 0 Å². The predicted octanol–water partition coefficient (Wildman–Crippen LogP) is 1.66. The molecule has 0 unspecified atom stereocenters. The largest absolute Gasteiger partial charge is 0.450 e. The number of carbonyl (C=O) groups excluding carboxylic acids is 2. The number of carbonyl (C=O) groups is 2. The lowest BCUT2D eigenvalue weighted by atomic mass is 9.63. The molecule has 0 bridgehead atoms. The number of likely N-dealkylation sites (tertiary alicyclic amines) is 1. The van der Waals surface area contributed by atoms with Crippen LogP contribution in [0.5, 0.6) is 0 Å². The van der Waals surface area contributed by atoms with E-state index >= 15 is 0 Å². The van der Waals surface area contributed by atoms with Crippen molar-refractivity contribution in [2.75, 3.05) is 19.7 Å². The van der Waals surface area contributed by atoms with Crippen LogP contribution in [0.25, 0.3) is 0 Å². The zero-order valence-corrected chi connectivity index (χ0v) is 12.7. The van der Waals surface area contributed by atoms with Gasteiger partial charge in [-0.2, -0.15) is 5.26 Å². The predicted molar refractivity (Wildman–Crippen MR) is 76.2 cm³/mol. The van der Waals surface area contributed by atoms with Gasteiger partial charge in [-0.3, -0.25) is 4.79 Å². The average Bonchev–Trinajstić information content (AvgIpc) is 2.44. The zero-order chi connectivity index (χ0) is 15.5. The van der Waals surface area contributed by atoms with Crippen molar-refractivity contribution in [1.82, 2.24) is 10.2 Å². The minimum Gasteiger partial charge on any atom is -0.450 e. The SMILES string of the molecule is CCOC(=O)N1CCC(NC(=O)C2(C#N)CC(C)C2)CC1. The summed E-state index contributed by atoms with van der Waals surface area (Å²) in [4.78, 5) is 25.5. The highest BCUT2D eigenvalue weighted by Gasteiger charge is 2.49. The molecule has 1 saturated heterocycles. The van der Waals surface area contributed by atoms with Gasteiger partial charge in [0.2, 0.25) is 5.91 Å². The Balaban J connectivity index is 1.80. The van der Waals surface area contributed by atoms with Crippen LogP contribution in [-0.2, 0) is 9.53 Å². The summed E-state index contributed by atoms with van der Waals surface area (Å²) in [7, 11) is 0. The van der Waals surface area contributed by atoms with Crippen molar-refractivity contribution < 1.29 is 14.3 Å². The van der Waals surface area contributed by atoms with E-state index in [2.05, 4.69) is 18.3 Å². The molecule has 1 aliphatic carbocycles. The summed E-state index contributed by atoms with van der Waals surface area (Å²) >= 11 is 0. The maximum absolute atomic E-state index is 12.3. The summed E-state index contributed by atoms with van der Waals surface area (Å²) in [6.45, 7) is 5.38. The molecule has 2 rings (SSSR count). The molecular formula is C15H23N3O3. The van der Waals surface area contributed by atoms with Crippen molar-refractivity contribution in [1.29, 1.82) is 5.26 Å². The Morgan fingerprint density at radius 2 is 2.00 bits per heavy atom. The van der Waals surface area contributed by atoms with Crippen LogP contribution in [0.4, 0.5) is 4.79 Å². The van der Waals surface area contributed by atoms with E-state index in [-0.39, 0.29) is 18.0 Å². The number of nitriles is 1. The minimum atomic E-state index is -0.822. The summed E-state index contributed by atoms with van der Waals surface area (Å²) in [5.41, 5.74) is -0.822. The fraction of sp³-hybridized carbons (Fsp3) is 0.800. The number of hydrogen-bond donors (Lipinski definition) is 1. The molecule has 0 aromatic carbocycles. The van der Waals surface area contributed by atoms with E-state index in [9.17, 15) is 14.9 Å². The number of nitrogens with zero attached hydrogens (tertiary/aromatic N) is 2. The number of hydrogen-bond acceptors (Lipinski definition) is 4. The molecule has 0 radical (unpaired) electrons. The van der Waals surface area contributed by atoms with Gasteiger partial charge in [-0.05, 0) is 38.5 Å². The first-order valence-corrected chi connectivity index (χ1v) is 7.64. The Morgan fingerprint density at radius 3 is 2.48 bits per heavy atom. The van der Waals surface area contributed by atoms with Crippen molar-refractivity contribution >= 4 is 12.0 Å². The molecule has 0 spiro atoms. The molecule has 1 N–H and O–H groups in total. The van der Waals surface area contributed by atoms with Gasteiger partial charge in [0.05, 0.1) is 12.7 Å². The van der Waals surface area contributed by atoms with Gasteiger partial charge < -0.3 is 15.0 Å². The highest BCUT2D eigenvalue weighted by Crippen LogP contribution is 2.45. The lowest BCUT2D eigenvalue weighted by Gasteiger charge is -2.41. The number of amides is 2. The summed E-state index contributed by atoms with van der Waals surface area (Å²) < 4.78 is 4.96. The third kappa shape index (κ3) is 3.29. The van der Waals surface area contributed by atoms with Gasteiger partial charge in [-0.25, -0.2) is 4.79 Å². The molecule has 0 aromatic heterocycles. The number of nitrogens with one attached hydrogen (secondary N) is 1. The van der Waals surface area contributed by atoms with Gasteiger partial charge in [0, 0.05) is 19.1 Å². The maximum Gasteiger partial charge on any atom is 0.409 e. The second-order valence-electron chi connectivity index (χ2n) is 6.14. The van der Waals surface area contributed by atoms with Crippen LogP contribution < -0.4 is 5.32 Å². The fourth-order valence-electron chi connectivity index (χ4n) is 3.20. The van der Waals surface area contributed by atoms with Crippen LogP contribution >= 0.6 is 0 Å². The Morgan fingerprint density at radius 1 is 1.38 bits per heavy atom. The number of piperidine rings is 1. The molecule has 1 heterocycles. The molecule has 2 amide bonds. The second-order valence-corrected chi connectivity index (χ2v) is 6.14. The van der Waals surface area contributed by atoms with Gasteiger partial charge in [0.25, 0.3) is 0 Å². The Hall–Kier alpha value is -1.77. The first-order chi connectivity index (χ1) is 10.0. The summed E-state index contributed by atoms with van der Waals surface area (Å²) in [5, 5.41) is 12.2. The van der Waals surface area contributed by atoms with Gasteiger partial charge in [0.15, 0.2) is 0 Å². The fourth-order valence-corrected chi connectivity index (χ4v) is 3.20. The lowest BCUT2D eigenvalue weighted by Crippen LogP contribution is -2.53. The second kappa shape index (κ2) is 6.33. The zero-order valence-electron chi connectivity index (χ0n) is 12.7. The van der Waals surface area contributed by atoms with E-state index in [1.165, 1.54) is 0 Å². The Labute approximate surface area is 125 Å². The number of rotatable bonds is 3. The lowest BCUT2D eigenvalue weighted by molar-refractivity contribution is -0.135. The van der Waals surface area contributed by atoms with E-state index in [4.69, 9.17) is 4.74 Å². The van der Waals surface area contributed by atoms with E-state index in [1.807, 2.05) is 0 Å². The Kier molecular flexibility index (Phi) is 4.71. The van der Waals surface area contributed by atoms with Crippen molar-refractivity contribution in [2.24, 2.45) is 11.3 Å². The summed E-state index contributed by atoms with van der Waals surface area (Å²) in [6.07, 6.45) is 2.43. The van der Waals surface area contributed by atoms with Crippen LogP contribution in [0.15, 0.2) is 0 Å². The summed E-state index contributed by atoms with van der Waals surface area (Å²) in [5.74, 6) is 0.304. The first-order valence-electron chi connectivity index (χ1n) is 7.64. The topological polar surface area (TPSA) is 82.4 Å². The van der Waals surface area contributed by atoms with Crippen LogP contribution in [0.2, 0.25) is 0 Å². The molecule has 2 fully saturated rings. The quantitative estimate of drug-likeness (QED) is 0.858. The van der Waals surface area contributed by atoms with Crippen molar-refractivity contribution in [3.63, 3.8) is 0 Å². The molecule has 116 valence electrons. The van der Waals surface area contributed by atoms with Crippen LogP contribution in [-0.4, -0.2) is 42.6 Å². The third-order valence-electron chi connectivity index (χ3n) is 4.40. The molecular weight excluding hydrogens is 270 g/mol. The Bertz CT molecular complexity index is 444. The molecule has 6 nitrogen and oxygen atoms in total. The highest BCUT2D eigenvalue weighted by molar-refractivity contribution is 5.86. The van der Waals surface area contributed by atoms with E-state index < -0.39 is 5.41 Å². The number of ether oxygens (including phenoxy) is 1. The molecule has 6 heteroatoms. The van der Waals surface area contributed by atoms with Gasteiger partial charge in [-0.15, -0.1) is 0 Å². The highest BCUT2D eigenvalue weighted by atomic mass is 16.6. The van der Waals surface area contributed by atoms with Crippen LogP contribution in [0, 0.1) is 22.7 Å². The maximum atomic E-state index is 12.3. The van der Waals surface area contributed by atoms with Gasteiger partial charge >= 0.3 is 6.09 Å². The van der Waals surface area contributed by atoms with Crippen molar-refractivity contribution in [3.8, 4) is 6.07 Å². The molecule has 21 heavy (non-hydrogen) atoms. The van der Waals surface area contributed by atoms with Crippen molar-refractivity contribution in [3.05, 3.63) is 0 Å². The van der Waals surface area contributed by atoms with E-state index in [0.717, 1.165) is 0 Å². The van der Waals surface area contributed by atoms with Gasteiger partial charge in [-0.1, -0.05) is 6.92 Å². The monoisotopic (exact) mass is 293 g/mol.